The summed E-state index contributed by atoms with van der Waals surface area (Å²) in [7, 11) is -3.89. The molecule has 2 aromatic carbocycles. The number of fused-ring (bicyclic) bond motifs is 1. The van der Waals surface area contributed by atoms with E-state index < -0.39 is 16.1 Å². The number of hydrogen-bond donors (Lipinski definition) is 3. The molecule has 0 aromatic heterocycles. The zero-order valence-electron chi connectivity index (χ0n) is 21.0. The van der Waals surface area contributed by atoms with Crippen LogP contribution in [0.5, 0.6) is 0 Å². The van der Waals surface area contributed by atoms with E-state index in [9.17, 15) is 18.3 Å². The topological polar surface area (TPSA) is 102 Å². The summed E-state index contributed by atoms with van der Waals surface area (Å²) in [6.07, 6.45) is 2.18. The van der Waals surface area contributed by atoms with E-state index in [0.29, 0.717) is 36.2 Å². The molecule has 3 N–H and O–H groups in total. The maximum Gasteiger partial charge on any atom is 0.257 e. The summed E-state index contributed by atoms with van der Waals surface area (Å²) in [6.45, 7) is 7.47. The summed E-state index contributed by atoms with van der Waals surface area (Å²) in [5, 5.41) is 16.9. The Kier molecular flexibility index (Phi) is 8.46. The van der Waals surface area contributed by atoms with Crippen LogP contribution in [0.2, 0.25) is 0 Å². The number of aliphatic hydroxyl groups excluding tert-OH is 1. The zero-order chi connectivity index (χ0) is 25.7. The van der Waals surface area contributed by atoms with E-state index in [-0.39, 0.29) is 23.3 Å². The van der Waals surface area contributed by atoms with Crippen molar-refractivity contribution in [1.82, 2.24) is 14.5 Å². The maximum atomic E-state index is 13.7. The molecular weight excluding hydrogens is 476 g/mol. The van der Waals surface area contributed by atoms with Gasteiger partial charge in [-0.25, -0.2) is 8.42 Å². The number of sulfonamides is 1. The molecule has 2 aliphatic heterocycles. The van der Waals surface area contributed by atoms with Gasteiger partial charge in [0.2, 0.25) is 10.0 Å². The van der Waals surface area contributed by atoms with Crippen molar-refractivity contribution in [2.45, 2.75) is 37.7 Å². The molecule has 194 valence electrons. The minimum atomic E-state index is -3.89. The number of nitrogens with zero attached hydrogens (tertiary/aromatic N) is 2. The zero-order valence-corrected chi connectivity index (χ0v) is 21.8. The SMILES string of the molecule is CC(C)CN(CC(O)CCc1ccccc1)S(=O)(=O)c1ccc2c(c1)C(=CN1CCNCC1)C(=O)N2. The number of benzene rings is 2. The van der Waals surface area contributed by atoms with Gasteiger partial charge in [-0.1, -0.05) is 44.2 Å². The first-order valence-corrected chi connectivity index (χ1v) is 14.0. The predicted octanol–water partition coefficient (Wildman–Crippen LogP) is 2.53. The minimum absolute atomic E-state index is 0.0189. The number of aliphatic hydroxyl groups is 1. The molecule has 1 unspecified atom stereocenters. The molecule has 0 saturated carbocycles. The Balaban J connectivity index is 1.55. The Morgan fingerprint density at radius 3 is 2.50 bits per heavy atom. The fourth-order valence-electron chi connectivity index (χ4n) is 4.58. The molecule has 0 radical (unpaired) electrons. The Labute approximate surface area is 214 Å². The number of amides is 1. The van der Waals surface area contributed by atoms with Crippen LogP contribution in [0.15, 0.2) is 59.6 Å². The van der Waals surface area contributed by atoms with Crippen LogP contribution in [0.25, 0.3) is 5.57 Å². The lowest BCUT2D eigenvalue weighted by Gasteiger charge is -2.27. The van der Waals surface area contributed by atoms with Crippen molar-refractivity contribution >= 4 is 27.2 Å². The molecule has 1 saturated heterocycles. The molecular formula is C27H36N4O4S. The average molecular weight is 513 g/mol. The molecule has 2 aliphatic rings. The molecule has 2 heterocycles. The van der Waals surface area contributed by atoms with Crippen LogP contribution in [-0.4, -0.2) is 74.0 Å². The second-order valence-corrected chi connectivity index (χ2v) is 11.8. The first-order valence-electron chi connectivity index (χ1n) is 12.6. The summed E-state index contributed by atoms with van der Waals surface area (Å²) in [6, 6.07) is 14.6. The Bertz CT molecular complexity index is 1190. The number of anilines is 1. The van der Waals surface area contributed by atoms with Gasteiger partial charge in [0.05, 0.1) is 16.6 Å². The number of rotatable bonds is 10. The Morgan fingerprint density at radius 1 is 1.08 bits per heavy atom. The molecule has 0 aliphatic carbocycles. The van der Waals surface area contributed by atoms with Gasteiger partial charge >= 0.3 is 0 Å². The van der Waals surface area contributed by atoms with Crippen molar-refractivity contribution in [2.75, 3.05) is 44.6 Å². The van der Waals surface area contributed by atoms with Crippen molar-refractivity contribution in [1.29, 1.82) is 0 Å². The van der Waals surface area contributed by atoms with E-state index in [1.54, 1.807) is 12.1 Å². The van der Waals surface area contributed by atoms with E-state index in [1.165, 1.54) is 10.4 Å². The summed E-state index contributed by atoms with van der Waals surface area (Å²) in [5.41, 5.74) is 2.78. The number of hydrogen-bond acceptors (Lipinski definition) is 6. The smallest absolute Gasteiger partial charge is 0.257 e. The van der Waals surface area contributed by atoms with Crippen LogP contribution in [0.4, 0.5) is 5.69 Å². The fourth-order valence-corrected chi connectivity index (χ4v) is 6.25. The molecule has 0 bridgehead atoms. The van der Waals surface area contributed by atoms with Gasteiger partial charge in [-0.2, -0.15) is 4.31 Å². The Morgan fingerprint density at radius 2 is 1.81 bits per heavy atom. The molecule has 2 aromatic rings. The standard InChI is InChI=1S/C27H36N4O4S/c1-20(2)17-31(18-22(32)9-8-21-6-4-3-5-7-21)36(34,35)23-10-11-26-24(16-23)25(27(33)29-26)19-30-14-12-28-13-15-30/h3-7,10-11,16,19-20,22,28,32H,8-9,12-15,17-18H2,1-2H3,(H,29,33). The second-order valence-electron chi connectivity index (χ2n) is 9.88. The largest absolute Gasteiger partial charge is 0.392 e. The van der Waals surface area contributed by atoms with Crippen LogP contribution in [0, 0.1) is 5.92 Å². The van der Waals surface area contributed by atoms with E-state index in [4.69, 9.17) is 0 Å². The molecule has 1 fully saturated rings. The second kappa shape index (κ2) is 11.6. The van der Waals surface area contributed by atoms with Crippen molar-refractivity contribution in [2.24, 2.45) is 5.92 Å². The molecule has 36 heavy (non-hydrogen) atoms. The number of carbonyl (C=O) groups is 1. The first kappa shape index (κ1) is 26.3. The number of nitrogens with one attached hydrogen (secondary N) is 2. The lowest BCUT2D eigenvalue weighted by atomic mass is 10.1. The Hall–Kier alpha value is -2.72. The van der Waals surface area contributed by atoms with E-state index in [2.05, 4.69) is 15.5 Å². The summed E-state index contributed by atoms with van der Waals surface area (Å²) in [4.78, 5) is 14.9. The first-order chi connectivity index (χ1) is 17.2. The molecule has 0 spiro atoms. The lowest BCUT2D eigenvalue weighted by Crippen LogP contribution is -2.40. The summed E-state index contributed by atoms with van der Waals surface area (Å²) in [5.74, 6) is -0.143. The van der Waals surface area contributed by atoms with Gasteiger partial charge in [-0.05, 0) is 42.5 Å². The van der Waals surface area contributed by atoms with Crippen LogP contribution in [-0.2, 0) is 21.2 Å². The molecule has 1 amide bonds. The van der Waals surface area contributed by atoms with Crippen LogP contribution >= 0.6 is 0 Å². The van der Waals surface area contributed by atoms with Gasteiger partial charge in [0.15, 0.2) is 0 Å². The predicted molar refractivity (Wildman–Crippen MR) is 142 cm³/mol. The summed E-state index contributed by atoms with van der Waals surface area (Å²) >= 11 is 0. The van der Waals surface area contributed by atoms with Crippen molar-refractivity contribution in [3.05, 3.63) is 65.9 Å². The van der Waals surface area contributed by atoms with E-state index in [1.807, 2.05) is 50.4 Å². The number of carbonyl (C=O) groups excluding carboxylic acids is 1. The van der Waals surface area contributed by atoms with Crippen LogP contribution in [0.3, 0.4) is 0 Å². The molecule has 1 atom stereocenters. The van der Waals surface area contributed by atoms with Crippen LogP contribution in [0.1, 0.15) is 31.4 Å². The monoisotopic (exact) mass is 512 g/mol. The van der Waals surface area contributed by atoms with E-state index >= 15 is 0 Å². The van der Waals surface area contributed by atoms with Gasteiger partial charge in [0, 0.05) is 56.7 Å². The quantitative estimate of drug-likeness (QED) is 0.423. The van der Waals surface area contributed by atoms with Gasteiger partial charge in [-0.15, -0.1) is 0 Å². The van der Waals surface area contributed by atoms with Gasteiger partial charge < -0.3 is 20.6 Å². The molecule has 9 heteroatoms. The highest BCUT2D eigenvalue weighted by atomic mass is 32.2. The third kappa shape index (κ3) is 6.34. The minimum Gasteiger partial charge on any atom is -0.392 e. The number of piperazine rings is 1. The number of aryl methyl sites for hydroxylation is 1. The van der Waals surface area contributed by atoms with Gasteiger partial charge in [0.25, 0.3) is 5.91 Å². The molecule has 8 nitrogen and oxygen atoms in total. The fraction of sp³-hybridized carbons (Fsp3) is 0.444. The van der Waals surface area contributed by atoms with Crippen molar-refractivity contribution in [3.8, 4) is 0 Å². The highest BCUT2D eigenvalue weighted by molar-refractivity contribution is 7.89. The average Bonchev–Trinajstić information content (AvgIpc) is 3.17. The van der Waals surface area contributed by atoms with Crippen molar-refractivity contribution in [3.63, 3.8) is 0 Å². The summed E-state index contributed by atoms with van der Waals surface area (Å²) < 4.78 is 28.8. The van der Waals surface area contributed by atoms with Crippen molar-refractivity contribution < 1.29 is 18.3 Å². The highest BCUT2D eigenvalue weighted by Gasteiger charge is 2.31. The van der Waals surface area contributed by atoms with E-state index in [0.717, 1.165) is 31.7 Å². The molecule has 4 rings (SSSR count). The van der Waals surface area contributed by atoms with Crippen LogP contribution < -0.4 is 10.6 Å². The third-order valence-electron chi connectivity index (χ3n) is 6.47. The third-order valence-corrected chi connectivity index (χ3v) is 8.29. The lowest BCUT2D eigenvalue weighted by molar-refractivity contribution is -0.110. The normalized spacial score (nSPS) is 18.1. The van der Waals surface area contributed by atoms with Gasteiger partial charge in [0.1, 0.15) is 0 Å². The van der Waals surface area contributed by atoms with Gasteiger partial charge in [-0.3, -0.25) is 4.79 Å². The highest BCUT2D eigenvalue weighted by Crippen LogP contribution is 2.34. The maximum absolute atomic E-state index is 13.7.